The summed E-state index contributed by atoms with van der Waals surface area (Å²) in [7, 11) is 0. The summed E-state index contributed by atoms with van der Waals surface area (Å²) in [5, 5.41) is 5.68. The molecule has 122 valence electrons. The number of amides is 2. The third-order valence-electron chi connectivity index (χ3n) is 3.52. The zero-order valence-corrected chi connectivity index (χ0v) is 13.7. The SMILES string of the molecule is CCCCNC(=O)c1ccc(CNC(=O)[C@@H](N)C(C)C)cc1. The number of unbranched alkanes of at least 4 members (excludes halogenated alkanes) is 1. The Labute approximate surface area is 132 Å². The lowest BCUT2D eigenvalue weighted by Gasteiger charge is -2.15. The van der Waals surface area contributed by atoms with Gasteiger partial charge in [0.15, 0.2) is 0 Å². The molecule has 0 spiro atoms. The fourth-order valence-electron chi connectivity index (χ4n) is 1.86. The molecule has 0 unspecified atom stereocenters. The molecule has 0 aliphatic rings. The van der Waals surface area contributed by atoms with Gasteiger partial charge < -0.3 is 16.4 Å². The molecule has 0 saturated carbocycles. The van der Waals surface area contributed by atoms with Crippen molar-refractivity contribution in [3.63, 3.8) is 0 Å². The lowest BCUT2D eigenvalue weighted by atomic mass is 10.0. The fourth-order valence-corrected chi connectivity index (χ4v) is 1.86. The van der Waals surface area contributed by atoms with Crippen molar-refractivity contribution in [1.29, 1.82) is 0 Å². The van der Waals surface area contributed by atoms with Crippen molar-refractivity contribution in [3.05, 3.63) is 35.4 Å². The predicted molar refractivity (Wildman–Crippen MR) is 88.3 cm³/mol. The smallest absolute Gasteiger partial charge is 0.251 e. The van der Waals surface area contributed by atoms with Crippen LogP contribution in [-0.2, 0) is 11.3 Å². The van der Waals surface area contributed by atoms with Gasteiger partial charge in [-0.25, -0.2) is 0 Å². The Hall–Kier alpha value is -1.88. The summed E-state index contributed by atoms with van der Waals surface area (Å²) in [5.41, 5.74) is 7.35. The van der Waals surface area contributed by atoms with Gasteiger partial charge in [0, 0.05) is 18.7 Å². The molecule has 1 aromatic rings. The number of nitrogens with two attached hydrogens (primary N) is 1. The van der Waals surface area contributed by atoms with Crippen molar-refractivity contribution in [2.24, 2.45) is 11.7 Å². The summed E-state index contributed by atoms with van der Waals surface area (Å²) in [4.78, 5) is 23.6. The minimum absolute atomic E-state index is 0.0640. The van der Waals surface area contributed by atoms with Gasteiger partial charge in [0.2, 0.25) is 5.91 Å². The Bertz CT molecular complexity index is 483. The molecule has 5 nitrogen and oxygen atoms in total. The van der Waals surface area contributed by atoms with Crippen molar-refractivity contribution >= 4 is 11.8 Å². The van der Waals surface area contributed by atoms with Gasteiger partial charge in [-0.15, -0.1) is 0 Å². The Morgan fingerprint density at radius 1 is 1.14 bits per heavy atom. The molecule has 4 N–H and O–H groups in total. The van der Waals surface area contributed by atoms with Crippen LogP contribution in [0.25, 0.3) is 0 Å². The molecule has 0 radical (unpaired) electrons. The minimum atomic E-state index is -0.497. The summed E-state index contributed by atoms with van der Waals surface area (Å²) in [6, 6.07) is 6.73. The number of carbonyl (C=O) groups excluding carboxylic acids is 2. The quantitative estimate of drug-likeness (QED) is 0.640. The van der Waals surface area contributed by atoms with Crippen molar-refractivity contribution in [2.75, 3.05) is 6.54 Å². The van der Waals surface area contributed by atoms with Crippen molar-refractivity contribution in [2.45, 2.75) is 46.2 Å². The maximum Gasteiger partial charge on any atom is 0.251 e. The first-order valence-electron chi connectivity index (χ1n) is 7.86. The Balaban J connectivity index is 2.48. The number of nitrogens with one attached hydrogen (secondary N) is 2. The average Bonchev–Trinajstić information content (AvgIpc) is 2.52. The summed E-state index contributed by atoms with van der Waals surface area (Å²) < 4.78 is 0. The molecule has 1 aromatic carbocycles. The first-order valence-corrected chi connectivity index (χ1v) is 7.86. The van der Waals surface area contributed by atoms with Crippen LogP contribution < -0.4 is 16.4 Å². The summed E-state index contributed by atoms with van der Waals surface area (Å²) in [6.45, 7) is 7.02. The van der Waals surface area contributed by atoms with Gasteiger partial charge in [0.25, 0.3) is 5.91 Å². The summed E-state index contributed by atoms with van der Waals surface area (Å²) in [6.07, 6.45) is 2.03. The van der Waals surface area contributed by atoms with Crippen LogP contribution in [0.1, 0.15) is 49.5 Å². The third kappa shape index (κ3) is 5.85. The predicted octanol–water partition coefficient (Wildman–Crippen LogP) is 1.82. The molecule has 0 saturated heterocycles. The van der Waals surface area contributed by atoms with E-state index in [1.165, 1.54) is 0 Å². The zero-order chi connectivity index (χ0) is 16.5. The highest BCUT2D eigenvalue weighted by atomic mass is 16.2. The van der Waals surface area contributed by atoms with Crippen LogP contribution in [0, 0.1) is 5.92 Å². The van der Waals surface area contributed by atoms with Gasteiger partial charge in [-0.2, -0.15) is 0 Å². The largest absolute Gasteiger partial charge is 0.352 e. The van der Waals surface area contributed by atoms with Gasteiger partial charge in [-0.3, -0.25) is 9.59 Å². The lowest BCUT2D eigenvalue weighted by molar-refractivity contribution is -0.123. The molecule has 22 heavy (non-hydrogen) atoms. The van der Waals surface area contributed by atoms with Gasteiger partial charge in [-0.05, 0) is 30.0 Å². The van der Waals surface area contributed by atoms with E-state index in [0.29, 0.717) is 18.7 Å². The molecule has 0 fully saturated rings. The Morgan fingerprint density at radius 2 is 1.77 bits per heavy atom. The molecule has 0 bridgehead atoms. The zero-order valence-electron chi connectivity index (χ0n) is 13.7. The van der Waals surface area contributed by atoms with E-state index in [9.17, 15) is 9.59 Å². The molecule has 5 heteroatoms. The van der Waals surface area contributed by atoms with Crippen molar-refractivity contribution < 1.29 is 9.59 Å². The highest BCUT2D eigenvalue weighted by Crippen LogP contribution is 2.05. The second-order valence-electron chi connectivity index (χ2n) is 5.79. The summed E-state index contributed by atoms with van der Waals surface area (Å²) in [5.74, 6) is -0.114. The summed E-state index contributed by atoms with van der Waals surface area (Å²) >= 11 is 0. The number of benzene rings is 1. The Morgan fingerprint density at radius 3 is 2.32 bits per heavy atom. The number of hydrogen-bond acceptors (Lipinski definition) is 3. The number of hydrogen-bond donors (Lipinski definition) is 3. The lowest BCUT2D eigenvalue weighted by Crippen LogP contribution is -2.43. The van der Waals surface area contributed by atoms with E-state index in [-0.39, 0.29) is 17.7 Å². The monoisotopic (exact) mass is 305 g/mol. The molecule has 0 aliphatic carbocycles. The van der Waals surface area contributed by atoms with Crippen molar-refractivity contribution in [3.8, 4) is 0 Å². The van der Waals surface area contributed by atoms with Crippen LogP contribution in [0.5, 0.6) is 0 Å². The van der Waals surface area contributed by atoms with Crippen LogP contribution in [0.3, 0.4) is 0 Å². The molecule has 1 rings (SSSR count). The van der Waals surface area contributed by atoms with Crippen LogP contribution in [0.2, 0.25) is 0 Å². The molecular formula is C17H27N3O2. The van der Waals surface area contributed by atoms with Gasteiger partial charge >= 0.3 is 0 Å². The van der Waals surface area contributed by atoms with Gasteiger partial charge in [0.1, 0.15) is 0 Å². The number of rotatable bonds is 8. The van der Waals surface area contributed by atoms with E-state index in [2.05, 4.69) is 17.6 Å². The van der Waals surface area contributed by atoms with Crippen molar-refractivity contribution in [1.82, 2.24) is 10.6 Å². The number of carbonyl (C=O) groups is 2. The van der Waals surface area contributed by atoms with E-state index in [0.717, 1.165) is 18.4 Å². The highest BCUT2D eigenvalue weighted by Gasteiger charge is 2.16. The highest BCUT2D eigenvalue weighted by molar-refractivity contribution is 5.94. The normalized spacial score (nSPS) is 12.0. The average molecular weight is 305 g/mol. The third-order valence-corrected chi connectivity index (χ3v) is 3.52. The van der Waals surface area contributed by atoms with Crippen LogP contribution in [0.15, 0.2) is 24.3 Å². The molecule has 0 aromatic heterocycles. The second-order valence-corrected chi connectivity index (χ2v) is 5.79. The topological polar surface area (TPSA) is 84.2 Å². The standard InChI is InChI=1S/C17H27N3O2/c1-4-5-10-19-16(21)14-8-6-13(7-9-14)11-20-17(22)15(18)12(2)3/h6-9,12,15H,4-5,10-11,18H2,1-3H3,(H,19,21)(H,20,22)/t15-/m0/s1. The van der Waals surface area contributed by atoms with Crippen LogP contribution >= 0.6 is 0 Å². The molecule has 2 amide bonds. The maximum absolute atomic E-state index is 11.9. The molecule has 0 aliphatic heterocycles. The molecule has 1 atom stereocenters. The van der Waals surface area contributed by atoms with Gasteiger partial charge in [0.05, 0.1) is 6.04 Å². The molecule has 0 heterocycles. The van der Waals surface area contributed by atoms with E-state index in [1.54, 1.807) is 12.1 Å². The molecular weight excluding hydrogens is 278 g/mol. The first kappa shape index (κ1) is 18.2. The van der Waals surface area contributed by atoms with E-state index >= 15 is 0 Å². The Kier molecular flexibility index (Phi) is 7.60. The van der Waals surface area contributed by atoms with E-state index in [4.69, 9.17) is 5.73 Å². The second kappa shape index (κ2) is 9.20. The van der Waals surface area contributed by atoms with Gasteiger partial charge in [-0.1, -0.05) is 39.3 Å². The van der Waals surface area contributed by atoms with Crippen LogP contribution in [0.4, 0.5) is 0 Å². The van der Waals surface area contributed by atoms with E-state index < -0.39 is 6.04 Å². The van der Waals surface area contributed by atoms with Crippen LogP contribution in [-0.4, -0.2) is 24.4 Å². The minimum Gasteiger partial charge on any atom is -0.352 e. The maximum atomic E-state index is 11.9. The first-order chi connectivity index (χ1) is 10.5. The fraction of sp³-hybridized carbons (Fsp3) is 0.529. The van der Waals surface area contributed by atoms with E-state index in [1.807, 2.05) is 26.0 Å².